The molecule has 1 radical (unpaired) electrons. The molecule has 0 bridgehead atoms. The van der Waals surface area contributed by atoms with Crippen molar-refractivity contribution in [1.82, 2.24) is 0 Å². The molecule has 0 spiro atoms. The summed E-state index contributed by atoms with van der Waals surface area (Å²) < 4.78 is 0. The SMILES string of the molecule is [Cr].[Mn].[SiH3][V]. The fraction of sp³-hybridized carbons (Fsp3) is 0. The van der Waals surface area contributed by atoms with Gasteiger partial charge in [0.2, 0.25) is 0 Å². The molecule has 0 saturated carbocycles. The van der Waals surface area contributed by atoms with Gasteiger partial charge in [-0.05, 0) is 0 Å². The summed E-state index contributed by atoms with van der Waals surface area (Å²) in [6.07, 6.45) is 0. The van der Waals surface area contributed by atoms with Crippen molar-refractivity contribution in [2.75, 3.05) is 0 Å². The fourth-order valence-electron chi connectivity index (χ4n) is 0. The van der Waals surface area contributed by atoms with Gasteiger partial charge in [0.25, 0.3) is 0 Å². The van der Waals surface area contributed by atoms with Gasteiger partial charge in [-0.25, -0.2) is 0 Å². The van der Waals surface area contributed by atoms with Gasteiger partial charge in [-0.1, -0.05) is 0 Å². The molecule has 0 aromatic heterocycles. The maximum atomic E-state index is 2.45. The number of hydrogen-bond acceptors (Lipinski definition) is 0. The van der Waals surface area contributed by atoms with Crippen LogP contribution in [-0.4, -0.2) is 8.62 Å². The van der Waals surface area contributed by atoms with Crippen LogP contribution in [0.2, 0.25) is 0 Å². The third-order valence-electron chi connectivity index (χ3n) is 0. The van der Waals surface area contributed by atoms with Crippen LogP contribution >= 0.6 is 0 Å². The Kier molecular flexibility index (Phi) is 88.8. The van der Waals surface area contributed by atoms with Crippen molar-refractivity contribution in [2.45, 2.75) is 0 Å². The fourth-order valence-corrected chi connectivity index (χ4v) is 0. The Balaban J connectivity index is -0.00000000500. The summed E-state index contributed by atoms with van der Waals surface area (Å²) in [7, 11) is 1.24. The Hall–Kier alpha value is 1.85. The van der Waals surface area contributed by atoms with Gasteiger partial charge in [-0.15, -0.1) is 0 Å². The summed E-state index contributed by atoms with van der Waals surface area (Å²) in [6.45, 7) is 0. The van der Waals surface area contributed by atoms with Crippen molar-refractivity contribution in [3.63, 3.8) is 0 Å². The Labute approximate surface area is 59.5 Å². The van der Waals surface area contributed by atoms with E-state index in [2.05, 4.69) is 16.8 Å². The first-order valence-electron chi connectivity index (χ1n) is 0.447. The molecular weight excluding hydrogens is 186 g/mol. The van der Waals surface area contributed by atoms with E-state index in [9.17, 15) is 0 Å². The van der Waals surface area contributed by atoms with Crippen LogP contribution in [0.4, 0.5) is 0 Å². The number of hydrogen-bond donors (Lipinski definition) is 0. The summed E-state index contributed by atoms with van der Waals surface area (Å²) in [5, 5.41) is 0. The molecule has 0 aromatic carbocycles. The molecule has 0 aliphatic rings. The van der Waals surface area contributed by atoms with Crippen LogP contribution in [0.1, 0.15) is 0 Å². The van der Waals surface area contributed by atoms with Gasteiger partial charge in [0.05, 0.1) is 0 Å². The third kappa shape index (κ3) is 9.13. The van der Waals surface area contributed by atoms with Gasteiger partial charge < -0.3 is 0 Å². The predicted molar refractivity (Wildman–Crippen MR) is 9.94 cm³/mol. The molecule has 0 rings (SSSR count). The van der Waals surface area contributed by atoms with Crippen LogP contribution in [0.5, 0.6) is 0 Å². The first-order chi connectivity index (χ1) is 1.00. The second kappa shape index (κ2) is 21.0. The van der Waals surface area contributed by atoms with E-state index in [4.69, 9.17) is 0 Å². The van der Waals surface area contributed by atoms with Gasteiger partial charge in [0, 0.05) is 34.4 Å². The Morgan fingerprint density at radius 1 is 1.25 bits per heavy atom. The van der Waals surface area contributed by atoms with Crippen molar-refractivity contribution < 1.29 is 51.2 Å². The minimum absolute atomic E-state index is 0. The van der Waals surface area contributed by atoms with Crippen molar-refractivity contribution in [2.24, 2.45) is 0 Å². The Morgan fingerprint density at radius 3 is 1.25 bits per heavy atom. The third-order valence-corrected chi connectivity index (χ3v) is 0. The summed E-state index contributed by atoms with van der Waals surface area (Å²) in [6, 6.07) is 0. The average molecular weight is 189 g/mol. The van der Waals surface area contributed by atoms with Crippen LogP contribution in [0, 0.1) is 0 Å². The average Bonchev–Trinajstić information content (AvgIpc) is 1.00. The van der Waals surface area contributed by atoms with E-state index in [-0.39, 0.29) is 34.4 Å². The van der Waals surface area contributed by atoms with Gasteiger partial charge in [-0.3, -0.25) is 0 Å². The summed E-state index contributed by atoms with van der Waals surface area (Å²) in [4.78, 5) is 0. The van der Waals surface area contributed by atoms with Crippen LogP contribution in [0.3, 0.4) is 0 Å². The van der Waals surface area contributed by atoms with Crippen LogP contribution in [0.25, 0.3) is 0 Å². The minimum atomic E-state index is 0. The molecule has 0 aliphatic carbocycles. The zero-order valence-corrected chi connectivity index (χ0v) is 8.09. The summed E-state index contributed by atoms with van der Waals surface area (Å²) in [5.74, 6) is 0. The molecule has 4 heavy (non-hydrogen) atoms. The van der Waals surface area contributed by atoms with Crippen LogP contribution < -0.4 is 0 Å². The monoisotopic (exact) mass is 189 g/mol. The zero-order chi connectivity index (χ0) is 2.00. The van der Waals surface area contributed by atoms with Crippen molar-refractivity contribution in [1.29, 1.82) is 0 Å². The van der Waals surface area contributed by atoms with Crippen LogP contribution in [-0.2, 0) is 51.2 Å². The predicted octanol–water partition coefficient (Wildman–Crippen LogP) is -1.19. The number of rotatable bonds is 0. The molecular formula is H3CrMnSiV. The first kappa shape index (κ1) is 16.9. The van der Waals surface area contributed by atoms with Crippen molar-refractivity contribution >= 4 is 8.62 Å². The molecule has 0 saturated heterocycles. The summed E-state index contributed by atoms with van der Waals surface area (Å²) >= 11 is 2.45. The van der Waals surface area contributed by atoms with Gasteiger partial charge in [-0.2, -0.15) is 0 Å². The molecule has 0 nitrogen and oxygen atoms in total. The van der Waals surface area contributed by atoms with E-state index in [1.54, 1.807) is 0 Å². The van der Waals surface area contributed by atoms with Crippen LogP contribution in [0.15, 0.2) is 0 Å². The molecule has 4 heteroatoms. The van der Waals surface area contributed by atoms with Crippen molar-refractivity contribution in [3.05, 3.63) is 0 Å². The molecule has 0 N–H and O–H groups in total. The Morgan fingerprint density at radius 2 is 1.25 bits per heavy atom. The summed E-state index contributed by atoms with van der Waals surface area (Å²) in [5.41, 5.74) is 0. The molecule has 0 amide bonds. The molecule has 25 valence electrons. The van der Waals surface area contributed by atoms with Gasteiger partial charge in [0.1, 0.15) is 0 Å². The normalized spacial score (nSPS) is 2.00. The molecule has 0 aromatic rings. The first-order valence-corrected chi connectivity index (χ1v) is 5.53. The second-order valence-electron chi connectivity index (χ2n) is 0. The Bertz CT molecular complexity index is 8.00. The zero-order valence-electron chi connectivity index (χ0n) is 2.23. The molecule has 0 unspecified atom stereocenters. The van der Waals surface area contributed by atoms with Crippen molar-refractivity contribution in [3.8, 4) is 0 Å². The van der Waals surface area contributed by atoms with E-state index in [1.165, 1.54) is 8.62 Å². The standard InChI is InChI=1S/Cr.Mn.H3Si.V/h;;1H3;. The van der Waals surface area contributed by atoms with E-state index in [0.717, 1.165) is 0 Å². The quantitative estimate of drug-likeness (QED) is 0.420. The second-order valence-corrected chi connectivity index (χ2v) is 0. The molecule has 0 atom stereocenters. The molecule has 0 fully saturated rings. The van der Waals surface area contributed by atoms with E-state index in [0.29, 0.717) is 0 Å². The van der Waals surface area contributed by atoms with E-state index < -0.39 is 0 Å². The maximum absolute atomic E-state index is 2.45. The van der Waals surface area contributed by atoms with E-state index >= 15 is 0 Å². The topological polar surface area (TPSA) is 0 Å². The van der Waals surface area contributed by atoms with E-state index in [1.807, 2.05) is 0 Å². The van der Waals surface area contributed by atoms with Gasteiger partial charge in [0.15, 0.2) is 0 Å². The molecule has 0 heterocycles. The van der Waals surface area contributed by atoms with Gasteiger partial charge >= 0.3 is 25.4 Å². The molecule has 0 aliphatic heterocycles.